The summed E-state index contributed by atoms with van der Waals surface area (Å²) in [4.78, 5) is 1.74. The molecule has 0 bridgehead atoms. The highest BCUT2D eigenvalue weighted by Crippen LogP contribution is 2.53. The molecule has 0 aliphatic rings. The van der Waals surface area contributed by atoms with Crippen LogP contribution < -0.4 is 5.14 Å². The maximum atomic E-state index is 12.3. The number of sulfonamides is 1. The van der Waals surface area contributed by atoms with Crippen LogP contribution in [-0.4, -0.2) is 8.42 Å². The summed E-state index contributed by atoms with van der Waals surface area (Å²) in [6, 6.07) is 15.6. The van der Waals surface area contributed by atoms with E-state index in [1.54, 1.807) is 30.0 Å². The first-order valence-electron chi connectivity index (χ1n) is 9.77. The van der Waals surface area contributed by atoms with Gasteiger partial charge in [-0.25, -0.2) is 13.6 Å². The summed E-state index contributed by atoms with van der Waals surface area (Å²) in [6.07, 6.45) is -0.566. The molecule has 2 N–H and O–H groups in total. The maximum Gasteiger partial charge on any atom is 0.399 e. The summed E-state index contributed by atoms with van der Waals surface area (Å²) < 4.78 is 66.7. The van der Waals surface area contributed by atoms with Gasteiger partial charge in [0.15, 0.2) is 0 Å². The van der Waals surface area contributed by atoms with Crippen molar-refractivity contribution >= 4 is 80.3 Å². The Morgan fingerprint density at radius 2 is 1.56 bits per heavy atom. The average Bonchev–Trinajstić information content (AvgIpc) is 2.83. The average molecular weight is 679 g/mol. The van der Waals surface area contributed by atoms with Crippen LogP contribution >= 0.6 is 70.3 Å². The van der Waals surface area contributed by atoms with E-state index < -0.39 is 23.8 Å². The minimum Gasteiger partial charge on any atom is -0.254 e. The molecule has 0 aromatic heterocycles. The lowest BCUT2D eigenvalue weighted by atomic mass is 10.2. The van der Waals surface area contributed by atoms with Gasteiger partial charge in [-0.3, -0.25) is 4.57 Å². The SMILES string of the molecule is NS(=O)(=O)c1cc(CSc2cccc(SCc3ccc(CP(=O)(OF)OF)c(Br)c3)c2)c(Cl)cc1Cl. The van der Waals surface area contributed by atoms with Crippen LogP contribution in [0.1, 0.15) is 16.7 Å². The minimum absolute atomic E-state index is 0.0326. The fraction of sp³-hybridized carbons (Fsp3) is 0.143. The molecule has 0 atom stereocenters. The molecular weight excluding hydrogens is 662 g/mol. The Hall–Kier alpha value is -0.660. The highest BCUT2D eigenvalue weighted by atomic mass is 79.9. The molecule has 0 unspecified atom stereocenters. The summed E-state index contributed by atoms with van der Waals surface area (Å²) in [6.45, 7) is 0. The largest absolute Gasteiger partial charge is 0.399 e. The normalized spacial score (nSPS) is 12.2. The highest BCUT2D eigenvalue weighted by Gasteiger charge is 2.29. The molecule has 36 heavy (non-hydrogen) atoms. The maximum absolute atomic E-state index is 12.3. The molecule has 0 heterocycles. The van der Waals surface area contributed by atoms with Crippen LogP contribution in [0.3, 0.4) is 0 Å². The lowest BCUT2D eigenvalue weighted by Crippen LogP contribution is -2.13. The van der Waals surface area contributed by atoms with Crippen molar-refractivity contribution in [3.05, 3.63) is 85.8 Å². The van der Waals surface area contributed by atoms with Crippen molar-refractivity contribution in [3.63, 3.8) is 0 Å². The molecule has 0 saturated carbocycles. The second-order valence-corrected chi connectivity index (χ2v) is 14.4. The van der Waals surface area contributed by atoms with Crippen LogP contribution in [-0.2, 0) is 41.7 Å². The summed E-state index contributed by atoms with van der Waals surface area (Å²) in [5.74, 6) is 0.987. The molecule has 3 aromatic rings. The number of hydrogen-bond donors (Lipinski definition) is 1. The molecule has 0 aliphatic heterocycles. The molecule has 3 rings (SSSR count). The van der Waals surface area contributed by atoms with Gasteiger partial charge in [-0.05, 0) is 62.1 Å². The standard InChI is InChI=1S/C21H17BrCl2F2NO5PS3/c22-18-6-13(4-5-14(18)10-33(28,31-25)32-26)11-34-16-2-1-3-17(8-16)35-12-15-7-21(36(27,29)30)20(24)9-19(15)23/h1-9H,10-12H2,(H2,27,29,30). The van der Waals surface area contributed by atoms with E-state index in [9.17, 15) is 22.0 Å². The number of nitrogens with two attached hydrogens (primary N) is 1. The van der Waals surface area contributed by atoms with E-state index in [2.05, 4.69) is 25.4 Å². The first-order valence-corrected chi connectivity index (χ1v) is 16.6. The highest BCUT2D eigenvalue weighted by molar-refractivity contribution is 9.10. The van der Waals surface area contributed by atoms with Gasteiger partial charge < -0.3 is 0 Å². The Labute approximate surface area is 233 Å². The number of thioether (sulfide) groups is 2. The number of primary sulfonamides is 1. The number of rotatable bonds is 11. The van der Waals surface area contributed by atoms with Crippen LogP contribution in [0.15, 0.2) is 73.8 Å². The molecular formula is C21H17BrCl2F2NO5PS3. The van der Waals surface area contributed by atoms with Gasteiger partial charge >= 0.3 is 7.60 Å². The molecule has 194 valence electrons. The van der Waals surface area contributed by atoms with Gasteiger partial charge in [0.1, 0.15) is 4.90 Å². The summed E-state index contributed by atoms with van der Waals surface area (Å²) >= 11 is 18.5. The van der Waals surface area contributed by atoms with Crippen molar-refractivity contribution in [1.29, 1.82) is 0 Å². The van der Waals surface area contributed by atoms with Gasteiger partial charge in [-0.2, -0.15) is 0 Å². The van der Waals surface area contributed by atoms with Gasteiger partial charge in [-0.1, -0.05) is 57.3 Å². The van der Waals surface area contributed by atoms with E-state index in [-0.39, 0.29) is 9.92 Å². The molecule has 0 radical (unpaired) electrons. The lowest BCUT2D eigenvalue weighted by molar-refractivity contribution is -0.0881. The third-order valence-electron chi connectivity index (χ3n) is 4.70. The number of halogens is 5. The van der Waals surface area contributed by atoms with Crippen molar-refractivity contribution in [2.75, 3.05) is 0 Å². The van der Waals surface area contributed by atoms with Crippen molar-refractivity contribution in [2.45, 2.75) is 32.4 Å². The number of hydrogen-bond acceptors (Lipinski definition) is 7. The van der Waals surface area contributed by atoms with E-state index in [0.29, 0.717) is 32.1 Å². The van der Waals surface area contributed by atoms with Gasteiger partial charge in [-0.15, -0.1) is 33.0 Å². The fourth-order valence-electron chi connectivity index (χ4n) is 2.96. The van der Waals surface area contributed by atoms with Crippen molar-refractivity contribution in [3.8, 4) is 0 Å². The van der Waals surface area contributed by atoms with Crippen molar-refractivity contribution in [2.24, 2.45) is 5.14 Å². The van der Waals surface area contributed by atoms with Crippen LogP contribution in [0, 0.1) is 0 Å². The predicted octanol–water partition coefficient (Wildman–Crippen LogP) is 8.48. The Kier molecular flexibility index (Phi) is 10.7. The van der Waals surface area contributed by atoms with Crippen LogP contribution in [0.25, 0.3) is 0 Å². The smallest absolute Gasteiger partial charge is 0.254 e. The summed E-state index contributed by atoms with van der Waals surface area (Å²) in [5.41, 5.74) is 1.86. The van der Waals surface area contributed by atoms with Crippen molar-refractivity contribution < 1.29 is 31.5 Å². The van der Waals surface area contributed by atoms with E-state index in [1.807, 2.05) is 24.3 Å². The van der Waals surface area contributed by atoms with Gasteiger partial charge in [0.2, 0.25) is 10.0 Å². The predicted molar refractivity (Wildman–Crippen MR) is 143 cm³/mol. The molecule has 0 amide bonds. The zero-order chi connectivity index (χ0) is 26.5. The Morgan fingerprint density at radius 1 is 0.917 bits per heavy atom. The minimum atomic E-state index is -4.48. The summed E-state index contributed by atoms with van der Waals surface area (Å²) in [7, 11) is -8.46. The van der Waals surface area contributed by atoms with E-state index in [4.69, 9.17) is 28.3 Å². The topological polar surface area (TPSA) is 95.7 Å². The molecule has 3 aromatic carbocycles. The Balaban J connectivity index is 1.65. The van der Waals surface area contributed by atoms with Gasteiger partial charge in [0, 0.05) is 30.8 Å². The van der Waals surface area contributed by atoms with Gasteiger partial charge in [0.05, 0.1) is 11.2 Å². The monoisotopic (exact) mass is 677 g/mol. The van der Waals surface area contributed by atoms with Crippen LogP contribution in [0.5, 0.6) is 0 Å². The molecule has 0 saturated heterocycles. The zero-order valence-electron chi connectivity index (χ0n) is 18.0. The van der Waals surface area contributed by atoms with E-state index in [0.717, 1.165) is 15.4 Å². The Morgan fingerprint density at radius 3 is 2.14 bits per heavy atom. The van der Waals surface area contributed by atoms with E-state index in [1.165, 1.54) is 23.9 Å². The molecule has 6 nitrogen and oxygen atoms in total. The molecule has 0 spiro atoms. The lowest BCUT2D eigenvalue weighted by Gasteiger charge is -2.11. The first-order chi connectivity index (χ1) is 16.9. The van der Waals surface area contributed by atoms with E-state index >= 15 is 0 Å². The third-order valence-corrected chi connectivity index (χ3v) is 10.4. The van der Waals surface area contributed by atoms with Crippen LogP contribution in [0.4, 0.5) is 9.05 Å². The third kappa shape index (κ3) is 8.17. The first kappa shape index (κ1) is 29.9. The second kappa shape index (κ2) is 12.9. The Bertz CT molecular complexity index is 1410. The summed E-state index contributed by atoms with van der Waals surface area (Å²) in [5, 5.41) is 5.53. The quantitative estimate of drug-likeness (QED) is 0.161. The van der Waals surface area contributed by atoms with Gasteiger partial charge in [0.25, 0.3) is 0 Å². The fourth-order valence-corrected chi connectivity index (χ4v) is 7.96. The molecule has 15 heteroatoms. The van der Waals surface area contributed by atoms with Crippen LogP contribution in [0.2, 0.25) is 10.0 Å². The number of benzene rings is 3. The zero-order valence-corrected chi connectivity index (χ0v) is 24.4. The second-order valence-electron chi connectivity index (χ2n) is 7.30. The molecule has 0 aliphatic carbocycles. The van der Waals surface area contributed by atoms with Crippen molar-refractivity contribution in [1.82, 2.24) is 0 Å². The molecule has 0 fully saturated rings.